The third kappa shape index (κ3) is 2.68. The number of hydrogen-bond acceptors (Lipinski definition) is 3. The van der Waals surface area contributed by atoms with Gasteiger partial charge in [0.05, 0.1) is 5.92 Å². The van der Waals surface area contributed by atoms with E-state index in [-0.39, 0.29) is 17.7 Å². The van der Waals surface area contributed by atoms with Crippen LogP contribution < -0.4 is 10.4 Å². The summed E-state index contributed by atoms with van der Waals surface area (Å²) < 4.78 is 0. The molecule has 21 heavy (non-hydrogen) atoms. The Morgan fingerprint density at radius 2 is 1.95 bits per heavy atom. The Balaban J connectivity index is 1.68. The van der Waals surface area contributed by atoms with E-state index in [1.807, 2.05) is 24.3 Å². The second kappa shape index (κ2) is 5.53. The molecular formula is C16H15ClNO3-. The lowest BCUT2D eigenvalue weighted by atomic mass is 9.82. The van der Waals surface area contributed by atoms with Crippen LogP contribution in [0, 0.1) is 23.7 Å². The van der Waals surface area contributed by atoms with Gasteiger partial charge in [-0.25, -0.2) is 0 Å². The summed E-state index contributed by atoms with van der Waals surface area (Å²) in [5, 5.41) is 14.7. The van der Waals surface area contributed by atoms with Crippen LogP contribution in [0.25, 0.3) is 0 Å². The van der Waals surface area contributed by atoms with Gasteiger partial charge in [-0.2, -0.15) is 0 Å². The van der Waals surface area contributed by atoms with Gasteiger partial charge < -0.3 is 15.2 Å². The summed E-state index contributed by atoms with van der Waals surface area (Å²) in [5.41, 5.74) is 0.888. The number of carboxylic acid groups (broad SMARTS) is 1. The lowest BCUT2D eigenvalue weighted by Crippen LogP contribution is -2.44. The number of carbonyl (C=O) groups is 2. The van der Waals surface area contributed by atoms with Gasteiger partial charge in [0, 0.05) is 23.5 Å². The molecule has 2 aliphatic carbocycles. The van der Waals surface area contributed by atoms with Crippen LogP contribution in [0.2, 0.25) is 5.02 Å². The van der Waals surface area contributed by atoms with Crippen molar-refractivity contribution in [1.29, 1.82) is 0 Å². The van der Waals surface area contributed by atoms with Gasteiger partial charge in [-0.15, -0.1) is 0 Å². The number of benzene rings is 1. The maximum Gasteiger partial charge on any atom is 0.224 e. The van der Waals surface area contributed by atoms with E-state index in [4.69, 9.17) is 11.6 Å². The van der Waals surface area contributed by atoms with Crippen LogP contribution in [-0.4, -0.2) is 11.9 Å². The zero-order valence-electron chi connectivity index (χ0n) is 11.3. The molecule has 0 saturated heterocycles. The highest BCUT2D eigenvalue weighted by atomic mass is 35.5. The Kier molecular flexibility index (Phi) is 3.72. The van der Waals surface area contributed by atoms with E-state index in [1.54, 1.807) is 12.1 Å². The molecule has 1 aromatic carbocycles. The molecular weight excluding hydrogens is 290 g/mol. The molecule has 0 spiro atoms. The van der Waals surface area contributed by atoms with Crippen LogP contribution in [0.5, 0.6) is 0 Å². The smallest absolute Gasteiger partial charge is 0.224 e. The Labute approximate surface area is 127 Å². The quantitative estimate of drug-likeness (QED) is 0.848. The molecule has 4 nitrogen and oxygen atoms in total. The van der Waals surface area contributed by atoms with Gasteiger partial charge in [-0.1, -0.05) is 35.9 Å². The van der Waals surface area contributed by atoms with Crippen molar-refractivity contribution in [2.24, 2.45) is 23.7 Å². The molecule has 4 atom stereocenters. The summed E-state index contributed by atoms with van der Waals surface area (Å²) in [6.45, 7) is 0.344. The van der Waals surface area contributed by atoms with E-state index in [2.05, 4.69) is 5.32 Å². The van der Waals surface area contributed by atoms with E-state index in [0.717, 1.165) is 12.0 Å². The van der Waals surface area contributed by atoms with Crippen molar-refractivity contribution in [3.8, 4) is 0 Å². The molecule has 0 aromatic heterocycles. The average molecular weight is 305 g/mol. The Hall–Kier alpha value is -1.81. The zero-order chi connectivity index (χ0) is 15.0. The molecule has 0 unspecified atom stereocenters. The van der Waals surface area contributed by atoms with Crippen molar-refractivity contribution >= 4 is 23.5 Å². The van der Waals surface area contributed by atoms with Gasteiger partial charge in [0.25, 0.3) is 0 Å². The van der Waals surface area contributed by atoms with Crippen LogP contribution in [0.1, 0.15) is 12.0 Å². The van der Waals surface area contributed by atoms with Gasteiger partial charge in [-0.3, -0.25) is 4.79 Å². The molecule has 0 aliphatic heterocycles. The second-order valence-electron chi connectivity index (χ2n) is 5.67. The van der Waals surface area contributed by atoms with Crippen molar-refractivity contribution < 1.29 is 14.7 Å². The standard InChI is InChI=1S/C16H16ClNO3/c17-12-3-1-2-9(6-12)8-18-15(19)13-10-4-5-11(7-10)14(13)16(20)21/h1-6,10-11,13-14H,7-8H2,(H,18,19)(H,20,21)/p-1/t10-,11-,13-,14-/m0/s1. The molecule has 1 N–H and O–H groups in total. The van der Waals surface area contributed by atoms with E-state index >= 15 is 0 Å². The first kappa shape index (κ1) is 14.1. The van der Waals surface area contributed by atoms with Gasteiger partial charge >= 0.3 is 0 Å². The Morgan fingerprint density at radius 1 is 1.24 bits per heavy atom. The van der Waals surface area contributed by atoms with E-state index < -0.39 is 17.8 Å². The number of nitrogens with one attached hydrogen (secondary N) is 1. The van der Waals surface area contributed by atoms with E-state index in [0.29, 0.717) is 11.6 Å². The molecule has 0 radical (unpaired) electrons. The fraction of sp³-hybridized carbons (Fsp3) is 0.375. The van der Waals surface area contributed by atoms with Gasteiger partial charge in [0.2, 0.25) is 5.91 Å². The summed E-state index contributed by atoms with van der Waals surface area (Å²) in [6.07, 6.45) is 4.58. The number of carboxylic acids is 1. The first-order chi connectivity index (χ1) is 10.1. The lowest BCUT2D eigenvalue weighted by molar-refractivity contribution is -0.313. The highest BCUT2D eigenvalue weighted by Crippen LogP contribution is 2.47. The molecule has 1 saturated carbocycles. The number of allylic oxidation sites excluding steroid dienone is 2. The van der Waals surface area contributed by atoms with E-state index in [9.17, 15) is 14.7 Å². The van der Waals surface area contributed by atoms with Crippen molar-refractivity contribution in [3.05, 3.63) is 47.0 Å². The SMILES string of the molecule is O=C([O-])[C@@H]1[C@@H](C(=O)NCc2cccc(Cl)c2)[C@H]2C=C[C@H]1C2. The zero-order valence-corrected chi connectivity index (χ0v) is 12.0. The summed E-state index contributed by atoms with van der Waals surface area (Å²) in [6, 6.07) is 7.22. The topological polar surface area (TPSA) is 69.2 Å². The summed E-state index contributed by atoms with van der Waals surface area (Å²) in [4.78, 5) is 23.6. The predicted octanol–water partition coefficient (Wildman–Crippen LogP) is 1.14. The number of hydrogen-bond donors (Lipinski definition) is 1. The van der Waals surface area contributed by atoms with Crippen molar-refractivity contribution in [3.63, 3.8) is 0 Å². The largest absolute Gasteiger partial charge is 0.550 e. The molecule has 2 aliphatic rings. The molecule has 1 amide bonds. The minimum atomic E-state index is -1.13. The van der Waals surface area contributed by atoms with Gasteiger partial charge in [-0.05, 0) is 36.0 Å². The minimum Gasteiger partial charge on any atom is -0.550 e. The minimum absolute atomic E-state index is 0.0114. The van der Waals surface area contributed by atoms with Gasteiger partial charge in [0.15, 0.2) is 0 Å². The molecule has 2 bridgehead atoms. The molecule has 110 valence electrons. The number of fused-ring (bicyclic) bond motifs is 2. The second-order valence-corrected chi connectivity index (χ2v) is 6.10. The van der Waals surface area contributed by atoms with Crippen molar-refractivity contribution in [1.82, 2.24) is 5.32 Å². The fourth-order valence-corrected chi connectivity index (χ4v) is 3.67. The molecule has 0 heterocycles. The number of carbonyl (C=O) groups excluding carboxylic acids is 2. The molecule has 1 fully saturated rings. The number of amides is 1. The summed E-state index contributed by atoms with van der Waals surface area (Å²) in [5.74, 6) is -2.64. The predicted molar refractivity (Wildman–Crippen MR) is 76.0 cm³/mol. The van der Waals surface area contributed by atoms with Crippen LogP contribution in [0.4, 0.5) is 0 Å². The van der Waals surface area contributed by atoms with E-state index in [1.165, 1.54) is 0 Å². The highest BCUT2D eigenvalue weighted by Gasteiger charge is 2.48. The molecule has 5 heteroatoms. The van der Waals surface area contributed by atoms with Crippen LogP contribution in [0.15, 0.2) is 36.4 Å². The Bertz CT molecular complexity index is 613. The first-order valence-electron chi connectivity index (χ1n) is 6.97. The summed E-state index contributed by atoms with van der Waals surface area (Å²) in [7, 11) is 0. The third-order valence-corrected chi connectivity index (χ3v) is 4.63. The van der Waals surface area contributed by atoms with Gasteiger partial charge in [0.1, 0.15) is 0 Å². The van der Waals surface area contributed by atoms with Crippen molar-refractivity contribution in [2.45, 2.75) is 13.0 Å². The fourth-order valence-electron chi connectivity index (χ4n) is 3.45. The highest BCUT2D eigenvalue weighted by molar-refractivity contribution is 6.30. The Morgan fingerprint density at radius 3 is 2.62 bits per heavy atom. The number of rotatable bonds is 4. The maximum atomic E-state index is 12.3. The normalized spacial score (nSPS) is 29.6. The maximum absolute atomic E-state index is 12.3. The average Bonchev–Trinajstić information content (AvgIpc) is 3.05. The van der Waals surface area contributed by atoms with Crippen LogP contribution in [-0.2, 0) is 16.1 Å². The van der Waals surface area contributed by atoms with Crippen molar-refractivity contribution in [2.75, 3.05) is 0 Å². The first-order valence-corrected chi connectivity index (χ1v) is 7.35. The number of aliphatic carboxylic acids is 1. The number of halogens is 1. The third-order valence-electron chi connectivity index (χ3n) is 4.39. The molecule has 1 aromatic rings. The molecule has 3 rings (SSSR count). The van der Waals surface area contributed by atoms with Crippen LogP contribution in [0.3, 0.4) is 0 Å². The van der Waals surface area contributed by atoms with Crippen LogP contribution >= 0.6 is 11.6 Å². The summed E-state index contributed by atoms with van der Waals surface area (Å²) >= 11 is 5.90. The monoisotopic (exact) mass is 304 g/mol. The lowest BCUT2D eigenvalue weighted by Gasteiger charge is -2.27.